The predicted molar refractivity (Wildman–Crippen MR) is 98.8 cm³/mol. The zero-order valence-electron chi connectivity index (χ0n) is 14.8. The number of rotatable bonds is 7. The van der Waals surface area contributed by atoms with Crippen LogP contribution in [0.4, 0.5) is 0 Å². The molecule has 138 valence electrons. The summed E-state index contributed by atoms with van der Waals surface area (Å²) in [7, 11) is 0. The smallest absolute Gasteiger partial charge is 0.258 e. The Morgan fingerprint density at radius 2 is 1.80 bits per heavy atom. The minimum absolute atomic E-state index is 0.0505. The molecule has 1 aromatic rings. The van der Waals surface area contributed by atoms with Gasteiger partial charge in [0.05, 0.1) is 0 Å². The molecular weight excluding hydrogens is 340 g/mol. The maximum atomic E-state index is 11.9. The van der Waals surface area contributed by atoms with Gasteiger partial charge >= 0.3 is 0 Å². The fourth-order valence-corrected chi connectivity index (χ4v) is 3.34. The fourth-order valence-electron chi connectivity index (χ4n) is 3.21. The van der Waals surface area contributed by atoms with Gasteiger partial charge in [-0.05, 0) is 37.1 Å². The first-order valence-corrected chi connectivity index (χ1v) is 9.36. The van der Waals surface area contributed by atoms with E-state index in [0.29, 0.717) is 29.9 Å². The van der Waals surface area contributed by atoms with E-state index < -0.39 is 0 Å². The summed E-state index contributed by atoms with van der Waals surface area (Å²) in [6.45, 7) is 2.55. The van der Waals surface area contributed by atoms with E-state index in [0.717, 1.165) is 12.8 Å². The molecule has 25 heavy (non-hydrogen) atoms. The minimum Gasteiger partial charge on any atom is -0.484 e. The van der Waals surface area contributed by atoms with Crippen LogP contribution in [0.3, 0.4) is 0 Å². The first-order chi connectivity index (χ1) is 12.1. The Kier molecular flexibility index (Phi) is 8.06. The number of amides is 2. The number of ether oxygens (including phenoxy) is 1. The van der Waals surface area contributed by atoms with Gasteiger partial charge in [0, 0.05) is 31.1 Å². The monoisotopic (exact) mass is 366 g/mol. The van der Waals surface area contributed by atoms with E-state index in [1.54, 1.807) is 31.2 Å². The first-order valence-electron chi connectivity index (χ1n) is 8.98. The van der Waals surface area contributed by atoms with Gasteiger partial charge in [0.15, 0.2) is 6.61 Å². The van der Waals surface area contributed by atoms with Crippen molar-refractivity contribution in [3.05, 3.63) is 29.3 Å². The molecular formula is C19H27ClN2O3. The van der Waals surface area contributed by atoms with Crippen LogP contribution in [-0.2, 0) is 9.59 Å². The van der Waals surface area contributed by atoms with Gasteiger partial charge in [0.25, 0.3) is 5.91 Å². The highest BCUT2D eigenvalue weighted by Gasteiger charge is 2.21. The SMILES string of the molecule is CC(=O)N(CCNC(=O)COc1ccc(Cl)cc1)C1CCCCCC1. The summed E-state index contributed by atoms with van der Waals surface area (Å²) in [6, 6.07) is 7.18. The number of nitrogens with zero attached hydrogens (tertiary/aromatic N) is 1. The maximum absolute atomic E-state index is 11.9. The molecule has 0 aromatic heterocycles. The van der Waals surface area contributed by atoms with Gasteiger partial charge in [-0.3, -0.25) is 9.59 Å². The molecule has 1 saturated carbocycles. The van der Waals surface area contributed by atoms with Crippen LogP contribution in [0.1, 0.15) is 45.4 Å². The average molecular weight is 367 g/mol. The molecule has 1 fully saturated rings. The molecule has 1 N–H and O–H groups in total. The van der Waals surface area contributed by atoms with E-state index >= 15 is 0 Å². The molecule has 0 heterocycles. The topological polar surface area (TPSA) is 58.6 Å². The highest BCUT2D eigenvalue weighted by Crippen LogP contribution is 2.21. The van der Waals surface area contributed by atoms with Gasteiger partial charge in [0.1, 0.15) is 5.75 Å². The standard InChI is InChI=1S/C19H27ClN2O3/c1-15(23)22(17-6-4-2-3-5-7-17)13-12-21-19(24)14-25-18-10-8-16(20)9-11-18/h8-11,17H,2-7,12-14H2,1H3,(H,21,24). The van der Waals surface area contributed by atoms with Crippen molar-refractivity contribution in [2.45, 2.75) is 51.5 Å². The molecule has 2 rings (SSSR count). The number of hydrogen-bond donors (Lipinski definition) is 1. The van der Waals surface area contributed by atoms with Gasteiger partial charge < -0.3 is 15.0 Å². The van der Waals surface area contributed by atoms with Crippen molar-refractivity contribution in [2.24, 2.45) is 0 Å². The van der Waals surface area contributed by atoms with Crippen LogP contribution in [-0.4, -0.2) is 42.5 Å². The lowest BCUT2D eigenvalue weighted by Gasteiger charge is -2.30. The molecule has 0 atom stereocenters. The number of benzene rings is 1. The highest BCUT2D eigenvalue weighted by atomic mass is 35.5. The number of halogens is 1. The van der Waals surface area contributed by atoms with Crippen LogP contribution in [0.5, 0.6) is 5.75 Å². The molecule has 0 bridgehead atoms. The number of carbonyl (C=O) groups excluding carboxylic acids is 2. The Bertz CT molecular complexity index is 554. The summed E-state index contributed by atoms with van der Waals surface area (Å²) in [6.07, 6.45) is 6.98. The summed E-state index contributed by atoms with van der Waals surface area (Å²) >= 11 is 5.81. The second-order valence-electron chi connectivity index (χ2n) is 6.45. The van der Waals surface area contributed by atoms with E-state index in [9.17, 15) is 9.59 Å². The van der Waals surface area contributed by atoms with Crippen LogP contribution < -0.4 is 10.1 Å². The Labute approximate surface area is 154 Å². The Hall–Kier alpha value is -1.75. The zero-order valence-corrected chi connectivity index (χ0v) is 15.6. The summed E-state index contributed by atoms with van der Waals surface area (Å²) in [4.78, 5) is 25.8. The lowest BCUT2D eigenvalue weighted by atomic mass is 10.1. The number of carbonyl (C=O) groups is 2. The van der Waals surface area contributed by atoms with Crippen LogP contribution in [0, 0.1) is 0 Å². The van der Waals surface area contributed by atoms with Crippen molar-refractivity contribution in [1.29, 1.82) is 0 Å². The van der Waals surface area contributed by atoms with Crippen LogP contribution in [0.25, 0.3) is 0 Å². The predicted octanol–water partition coefficient (Wildman–Crippen LogP) is 3.41. The Morgan fingerprint density at radius 1 is 1.16 bits per heavy atom. The minimum atomic E-state index is -0.195. The fraction of sp³-hybridized carbons (Fsp3) is 0.579. The van der Waals surface area contributed by atoms with E-state index in [1.807, 2.05) is 4.90 Å². The molecule has 0 spiro atoms. The Balaban J connectivity index is 1.72. The average Bonchev–Trinajstić information content (AvgIpc) is 2.87. The summed E-state index contributed by atoms with van der Waals surface area (Å²) in [5.74, 6) is 0.487. The molecule has 0 aliphatic heterocycles. The molecule has 0 unspecified atom stereocenters. The maximum Gasteiger partial charge on any atom is 0.258 e. The van der Waals surface area contributed by atoms with Crippen molar-refractivity contribution < 1.29 is 14.3 Å². The number of nitrogens with one attached hydrogen (secondary N) is 1. The third-order valence-corrected chi connectivity index (χ3v) is 4.78. The molecule has 2 amide bonds. The van der Waals surface area contributed by atoms with Crippen molar-refractivity contribution in [1.82, 2.24) is 10.2 Å². The first kappa shape index (κ1) is 19.6. The van der Waals surface area contributed by atoms with E-state index in [1.165, 1.54) is 25.7 Å². The summed E-state index contributed by atoms with van der Waals surface area (Å²) in [5, 5.41) is 3.45. The van der Waals surface area contributed by atoms with E-state index in [2.05, 4.69) is 5.32 Å². The number of hydrogen-bond acceptors (Lipinski definition) is 3. The quantitative estimate of drug-likeness (QED) is 0.752. The van der Waals surface area contributed by atoms with Gasteiger partial charge in [-0.15, -0.1) is 0 Å². The zero-order chi connectivity index (χ0) is 18.1. The van der Waals surface area contributed by atoms with Crippen molar-refractivity contribution >= 4 is 23.4 Å². The molecule has 0 saturated heterocycles. The summed E-state index contributed by atoms with van der Waals surface area (Å²) < 4.78 is 5.41. The van der Waals surface area contributed by atoms with Crippen molar-refractivity contribution in [2.75, 3.05) is 19.7 Å². The molecule has 0 radical (unpaired) electrons. The summed E-state index contributed by atoms with van der Waals surface area (Å²) in [5.41, 5.74) is 0. The third kappa shape index (κ3) is 6.94. The van der Waals surface area contributed by atoms with Gasteiger partial charge in [0.2, 0.25) is 5.91 Å². The largest absolute Gasteiger partial charge is 0.484 e. The van der Waals surface area contributed by atoms with Crippen molar-refractivity contribution in [3.63, 3.8) is 0 Å². The van der Waals surface area contributed by atoms with Crippen LogP contribution >= 0.6 is 11.6 Å². The lowest BCUT2D eigenvalue weighted by molar-refractivity contribution is -0.132. The second kappa shape index (κ2) is 10.3. The molecule has 5 nitrogen and oxygen atoms in total. The van der Waals surface area contributed by atoms with Crippen molar-refractivity contribution in [3.8, 4) is 5.75 Å². The van der Waals surface area contributed by atoms with E-state index in [4.69, 9.17) is 16.3 Å². The molecule has 1 aliphatic rings. The second-order valence-corrected chi connectivity index (χ2v) is 6.89. The Morgan fingerprint density at radius 3 is 2.40 bits per heavy atom. The lowest BCUT2D eigenvalue weighted by Crippen LogP contribution is -2.44. The molecule has 1 aliphatic carbocycles. The van der Waals surface area contributed by atoms with Crippen LogP contribution in [0.2, 0.25) is 5.02 Å². The molecule has 6 heteroatoms. The van der Waals surface area contributed by atoms with Crippen LogP contribution in [0.15, 0.2) is 24.3 Å². The van der Waals surface area contributed by atoms with E-state index in [-0.39, 0.29) is 18.4 Å². The van der Waals surface area contributed by atoms with Gasteiger partial charge in [-0.25, -0.2) is 0 Å². The van der Waals surface area contributed by atoms with Gasteiger partial charge in [-0.2, -0.15) is 0 Å². The normalized spacial score (nSPS) is 15.3. The molecule has 1 aromatic carbocycles. The van der Waals surface area contributed by atoms with Gasteiger partial charge in [-0.1, -0.05) is 37.3 Å². The third-order valence-electron chi connectivity index (χ3n) is 4.53. The highest BCUT2D eigenvalue weighted by molar-refractivity contribution is 6.30.